The highest BCUT2D eigenvalue weighted by molar-refractivity contribution is 9.10. The van der Waals surface area contributed by atoms with Gasteiger partial charge in [0, 0.05) is 27.0 Å². The molecule has 0 fully saturated rings. The molecule has 4 N–H and O–H groups in total. The molecule has 0 saturated carbocycles. The third-order valence-corrected chi connectivity index (χ3v) is 5.87. The molecule has 7 nitrogen and oxygen atoms in total. The van der Waals surface area contributed by atoms with Crippen LogP contribution in [0.1, 0.15) is 11.1 Å². The number of hydrogen-bond donors (Lipinski definition) is 3. The maximum Gasteiger partial charge on any atom is 0.275 e. The van der Waals surface area contributed by atoms with Gasteiger partial charge in [-0.25, -0.2) is 0 Å². The van der Waals surface area contributed by atoms with Crippen molar-refractivity contribution in [3.05, 3.63) is 69.5 Å². The van der Waals surface area contributed by atoms with E-state index in [0.717, 1.165) is 0 Å². The van der Waals surface area contributed by atoms with Crippen LogP contribution in [0.25, 0.3) is 0 Å². The Bertz CT molecular complexity index is 1150. The van der Waals surface area contributed by atoms with E-state index in [4.69, 9.17) is 10.5 Å². The van der Waals surface area contributed by atoms with Gasteiger partial charge in [0.25, 0.3) is 5.91 Å². The fourth-order valence-electron chi connectivity index (χ4n) is 4.37. The number of anilines is 2. The number of para-hydroxylation sites is 1. The number of ether oxygens (including phenoxy) is 1. The molecule has 2 atom stereocenters. The van der Waals surface area contributed by atoms with Crippen LogP contribution in [0.15, 0.2) is 58.4 Å². The maximum absolute atomic E-state index is 13.3. The van der Waals surface area contributed by atoms with Gasteiger partial charge in [-0.05, 0) is 24.3 Å². The van der Waals surface area contributed by atoms with Crippen LogP contribution in [0.5, 0.6) is 0 Å². The number of carbonyl (C=O) groups is 2. The molecule has 0 radical (unpaired) electrons. The van der Waals surface area contributed by atoms with Crippen molar-refractivity contribution < 1.29 is 14.3 Å². The molecule has 3 aliphatic heterocycles. The Labute approximate surface area is 161 Å². The molecule has 2 aromatic carbocycles. The van der Waals surface area contributed by atoms with Crippen LogP contribution in [0.2, 0.25) is 0 Å². The molecule has 0 bridgehead atoms. The first-order valence-corrected chi connectivity index (χ1v) is 8.88. The van der Waals surface area contributed by atoms with Gasteiger partial charge in [0.05, 0.1) is 0 Å². The Balaban J connectivity index is 1.95. The number of nitrogens with two attached hydrogens (primary N) is 1. The molecule has 0 saturated heterocycles. The van der Waals surface area contributed by atoms with Crippen molar-refractivity contribution in [3.63, 3.8) is 0 Å². The lowest BCUT2D eigenvalue weighted by atomic mass is 9.62. The Kier molecular flexibility index (Phi) is 2.88. The smallest absolute Gasteiger partial charge is 0.275 e. The van der Waals surface area contributed by atoms with Crippen molar-refractivity contribution in [1.29, 1.82) is 5.26 Å². The summed E-state index contributed by atoms with van der Waals surface area (Å²) < 4.78 is 6.61. The fraction of sp³-hybridized carbons (Fsp3) is 0.105. The Morgan fingerprint density at radius 2 is 1.74 bits per heavy atom. The molecule has 0 aliphatic carbocycles. The summed E-state index contributed by atoms with van der Waals surface area (Å²) in [5.74, 6) is -1.30. The summed E-state index contributed by atoms with van der Waals surface area (Å²) in [4.78, 5) is 26.6. The summed E-state index contributed by atoms with van der Waals surface area (Å²) >= 11 is 3.40. The molecule has 132 valence electrons. The lowest BCUT2D eigenvalue weighted by Gasteiger charge is -2.36. The zero-order chi connectivity index (χ0) is 19.0. The van der Waals surface area contributed by atoms with Crippen molar-refractivity contribution in [1.82, 2.24) is 0 Å². The lowest BCUT2D eigenvalue weighted by molar-refractivity contribution is -0.146. The summed E-state index contributed by atoms with van der Waals surface area (Å²) in [5, 5.41) is 15.4. The Hall–Kier alpha value is -3.31. The number of nitrogens with zero attached hydrogens (tertiary/aromatic N) is 1. The average molecular weight is 423 g/mol. The number of nitriles is 1. The van der Waals surface area contributed by atoms with Crippen LogP contribution in [0.4, 0.5) is 11.4 Å². The molecule has 5 rings (SSSR count). The van der Waals surface area contributed by atoms with E-state index >= 15 is 0 Å². The molecular formula is C19H11BrN4O3. The second kappa shape index (κ2) is 4.90. The number of hydrogen-bond acceptors (Lipinski definition) is 5. The molecule has 2 amide bonds. The zero-order valence-electron chi connectivity index (χ0n) is 13.7. The minimum atomic E-state index is -1.81. The summed E-state index contributed by atoms with van der Waals surface area (Å²) in [7, 11) is 0. The van der Waals surface area contributed by atoms with Gasteiger partial charge in [0.2, 0.25) is 17.4 Å². The number of nitrogens with one attached hydrogen (secondary N) is 2. The number of halogens is 1. The van der Waals surface area contributed by atoms with Crippen LogP contribution in [-0.4, -0.2) is 11.8 Å². The second-order valence-electron chi connectivity index (χ2n) is 6.53. The summed E-state index contributed by atoms with van der Waals surface area (Å²) in [6.07, 6.45) is 0. The van der Waals surface area contributed by atoms with Gasteiger partial charge in [-0.1, -0.05) is 34.1 Å². The van der Waals surface area contributed by atoms with Gasteiger partial charge < -0.3 is 21.1 Å². The van der Waals surface area contributed by atoms with Crippen LogP contribution >= 0.6 is 15.9 Å². The van der Waals surface area contributed by atoms with E-state index in [1.807, 2.05) is 6.07 Å². The minimum absolute atomic E-state index is 0.0760. The average Bonchev–Trinajstić information content (AvgIpc) is 3.20. The summed E-state index contributed by atoms with van der Waals surface area (Å²) in [6, 6.07) is 14.1. The summed E-state index contributed by atoms with van der Waals surface area (Å²) in [5.41, 5.74) is 4.40. The first-order valence-electron chi connectivity index (χ1n) is 8.08. The Morgan fingerprint density at radius 3 is 2.52 bits per heavy atom. The normalized spacial score (nSPS) is 27.3. The highest BCUT2D eigenvalue weighted by Gasteiger charge is 2.76. The van der Waals surface area contributed by atoms with Crippen molar-refractivity contribution in [3.8, 4) is 6.07 Å². The number of carbonyl (C=O) groups excluding carboxylic acids is 2. The molecule has 3 heterocycles. The van der Waals surface area contributed by atoms with Crippen molar-refractivity contribution in [2.24, 2.45) is 5.73 Å². The minimum Gasteiger partial charge on any atom is -0.455 e. The van der Waals surface area contributed by atoms with E-state index in [-0.39, 0.29) is 11.5 Å². The van der Waals surface area contributed by atoms with Gasteiger partial charge in [-0.3, -0.25) is 9.59 Å². The van der Waals surface area contributed by atoms with E-state index < -0.39 is 22.8 Å². The van der Waals surface area contributed by atoms with Crippen LogP contribution < -0.4 is 16.4 Å². The van der Waals surface area contributed by atoms with Crippen LogP contribution in [-0.2, 0) is 25.3 Å². The molecular weight excluding hydrogens is 412 g/mol. The van der Waals surface area contributed by atoms with E-state index in [1.54, 1.807) is 42.5 Å². The van der Waals surface area contributed by atoms with Crippen LogP contribution in [0, 0.1) is 11.3 Å². The number of benzene rings is 2. The highest BCUT2D eigenvalue weighted by Crippen LogP contribution is 2.63. The topological polar surface area (TPSA) is 117 Å². The summed E-state index contributed by atoms with van der Waals surface area (Å²) in [6.45, 7) is 0. The quantitative estimate of drug-likeness (QED) is 0.601. The maximum atomic E-state index is 13.3. The van der Waals surface area contributed by atoms with Gasteiger partial charge in [-0.2, -0.15) is 5.26 Å². The molecule has 2 spiro atoms. The van der Waals surface area contributed by atoms with E-state index in [0.29, 0.717) is 27.0 Å². The zero-order valence-corrected chi connectivity index (χ0v) is 15.3. The first-order chi connectivity index (χ1) is 13.0. The van der Waals surface area contributed by atoms with Crippen LogP contribution in [0.3, 0.4) is 0 Å². The predicted molar refractivity (Wildman–Crippen MR) is 99.1 cm³/mol. The second-order valence-corrected chi connectivity index (χ2v) is 7.44. The third-order valence-electron chi connectivity index (χ3n) is 5.37. The van der Waals surface area contributed by atoms with E-state index in [2.05, 4.69) is 26.6 Å². The van der Waals surface area contributed by atoms with E-state index in [9.17, 15) is 14.9 Å². The largest absolute Gasteiger partial charge is 0.455 e. The molecule has 2 aromatic rings. The Morgan fingerprint density at radius 1 is 1.04 bits per heavy atom. The lowest BCUT2D eigenvalue weighted by Crippen LogP contribution is -2.56. The highest BCUT2D eigenvalue weighted by atomic mass is 79.9. The number of rotatable bonds is 0. The van der Waals surface area contributed by atoms with Crippen molar-refractivity contribution in [2.45, 2.75) is 11.0 Å². The SMILES string of the molecule is N#CC1=C(N)O[C@@]2(C(=O)Nc3ccc(Br)cc32)[C@]12C(=O)Nc1ccccc12. The van der Waals surface area contributed by atoms with Gasteiger partial charge in [-0.15, -0.1) is 0 Å². The molecule has 0 aromatic heterocycles. The van der Waals surface area contributed by atoms with Gasteiger partial charge in [0.15, 0.2) is 5.41 Å². The molecule has 27 heavy (non-hydrogen) atoms. The standard InChI is InChI=1S/C19H11BrN4O3/c20-9-5-6-14-11(7-9)19(17(26)24-14)18(12(8-21)15(22)27-19)10-3-1-2-4-13(10)23-16(18)25/h1-7H,22H2,(H,23,25)(H,24,26)/t18-,19-/m0/s1. The number of amides is 2. The fourth-order valence-corrected chi connectivity index (χ4v) is 4.73. The number of fused-ring (bicyclic) bond motifs is 5. The van der Waals surface area contributed by atoms with Gasteiger partial charge >= 0.3 is 0 Å². The molecule has 0 unspecified atom stereocenters. The van der Waals surface area contributed by atoms with Crippen molar-refractivity contribution in [2.75, 3.05) is 10.6 Å². The predicted octanol–water partition coefficient (Wildman–Crippen LogP) is 2.21. The molecule has 8 heteroatoms. The van der Waals surface area contributed by atoms with E-state index in [1.165, 1.54) is 0 Å². The monoisotopic (exact) mass is 422 g/mol. The van der Waals surface area contributed by atoms with Crippen molar-refractivity contribution >= 4 is 39.1 Å². The first kappa shape index (κ1) is 15.9. The van der Waals surface area contributed by atoms with Gasteiger partial charge in [0.1, 0.15) is 11.6 Å². The molecule has 3 aliphatic rings. The third kappa shape index (κ3) is 1.57.